The van der Waals surface area contributed by atoms with Crippen molar-refractivity contribution in [3.8, 4) is 0 Å². The molecule has 0 aliphatic carbocycles. The molecule has 0 amide bonds. The fraction of sp³-hybridized carbons (Fsp3) is 0.800. The second-order valence-corrected chi connectivity index (χ2v) is 4.24. The minimum atomic E-state index is -0.223. The molecule has 1 aliphatic rings. The maximum Gasteiger partial charge on any atom is 0.230 e. The zero-order chi connectivity index (χ0) is 10.8. The van der Waals surface area contributed by atoms with E-state index in [9.17, 15) is 5.11 Å². The molecule has 2 rings (SSSR count). The minimum Gasteiger partial charge on any atom is -0.424 e. The summed E-state index contributed by atoms with van der Waals surface area (Å²) in [6.07, 6.45) is 0.824. The van der Waals surface area contributed by atoms with E-state index in [0.717, 1.165) is 19.5 Å². The SMILES string of the molecule is Cc1nnc(CN2CCC(C(C)O)C2)o1. The maximum absolute atomic E-state index is 9.46. The molecule has 0 aromatic carbocycles. The standard InChI is InChI=1S/C10H17N3O2/c1-7(14)9-3-4-13(5-9)6-10-12-11-8(2)15-10/h7,9,14H,3-6H2,1-2H3. The van der Waals surface area contributed by atoms with Crippen LogP contribution < -0.4 is 0 Å². The van der Waals surface area contributed by atoms with Crippen LogP contribution >= 0.6 is 0 Å². The van der Waals surface area contributed by atoms with E-state index in [2.05, 4.69) is 15.1 Å². The predicted octanol–water partition coefficient (Wildman–Crippen LogP) is 0.581. The third-order valence-electron chi connectivity index (χ3n) is 2.92. The molecular formula is C10H17N3O2. The van der Waals surface area contributed by atoms with Crippen molar-refractivity contribution in [3.05, 3.63) is 11.8 Å². The van der Waals surface area contributed by atoms with Crippen molar-refractivity contribution in [1.82, 2.24) is 15.1 Å². The summed E-state index contributed by atoms with van der Waals surface area (Å²) in [5, 5.41) is 17.2. The molecule has 1 N–H and O–H groups in total. The number of aliphatic hydroxyl groups excluding tert-OH is 1. The lowest BCUT2D eigenvalue weighted by molar-refractivity contribution is 0.126. The highest BCUT2D eigenvalue weighted by atomic mass is 16.4. The van der Waals surface area contributed by atoms with Crippen LogP contribution in [0, 0.1) is 12.8 Å². The Morgan fingerprint density at radius 3 is 2.93 bits per heavy atom. The second kappa shape index (κ2) is 4.28. The van der Waals surface area contributed by atoms with Gasteiger partial charge in [-0.15, -0.1) is 10.2 Å². The van der Waals surface area contributed by atoms with Gasteiger partial charge in [0.25, 0.3) is 0 Å². The quantitative estimate of drug-likeness (QED) is 0.792. The molecule has 0 saturated carbocycles. The Labute approximate surface area is 89.1 Å². The molecule has 5 nitrogen and oxygen atoms in total. The van der Waals surface area contributed by atoms with Crippen LogP contribution in [-0.2, 0) is 6.54 Å². The average molecular weight is 211 g/mol. The molecule has 5 heteroatoms. The number of aliphatic hydroxyl groups is 1. The molecule has 2 unspecified atom stereocenters. The first kappa shape index (κ1) is 10.6. The van der Waals surface area contributed by atoms with E-state index in [0.29, 0.717) is 24.2 Å². The molecule has 2 heterocycles. The first-order chi connectivity index (χ1) is 7.15. The summed E-state index contributed by atoms with van der Waals surface area (Å²) in [5.74, 6) is 1.66. The largest absolute Gasteiger partial charge is 0.424 e. The van der Waals surface area contributed by atoms with Crippen LogP contribution in [0.3, 0.4) is 0 Å². The van der Waals surface area contributed by atoms with Crippen molar-refractivity contribution in [3.63, 3.8) is 0 Å². The lowest BCUT2D eigenvalue weighted by atomic mass is 10.0. The third-order valence-corrected chi connectivity index (χ3v) is 2.92. The van der Waals surface area contributed by atoms with Crippen LogP contribution in [0.4, 0.5) is 0 Å². The van der Waals surface area contributed by atoms with Gasteiger partial charge in [0.15, 0.2) is 0 Å². The van der Waals surface area contributed by atoms with Crippen molar-refractivity contribution in [2.24, 2.45) is 5.92 Å². The Morgan fingerprint density at radius 2 is 2.40 bits per heavy atom. The van der Waals surface area contributed by atoms with Gasteiger partial charge < -0.3 is 9.52 Å². The number of rotatable bonds is 3. The van der Waals surface area contributed by atoms with Gasteiger partial charge in [-0.2, -0.15) is 0 Å². The highest BCUT2D eigenvalue weighted by molar-refractivity contribution is 4.84. The highest BCUT2D eigenvalue weighted by Crippen LogP contribution is 2.20. The molecule has 1 aliphatic heterocycles. The van der Waals surface area contributed by atoms with Gasteiger partial charge in [-0.25, -0.2) is 0 Å². The van der Waals surface area contributed by atoms with Gasteiger partial charge in [-0.1, -0.05) is 0 Å². The van der Waals surface area contributed by atoms with Crippen molar-refractivity contribution < 1.29 is 9.52 Å². The van der Waals surface area contributed by atoms with E-state index in [1.54, 1.807) is 6.92 Å². The van der Waals surface area contributed by atoms with Crippen LogP contribution in [0.1, 0.15) is 25.1 Å². The Hall–Kier alpha value is -0.940. The van der Waals surface area contributed by atoms with Crippen LogP contribution in [0.5, 0.6) is 0 Å². The lowest BCUT2D eigenvalue weighted by Gasteiger charge is -2.15. The minimum absolute atomic E-state index is 0.223. The van der Waals surface area contributed by atoms with Crippen LogP contribution in [-0.4, -0.2) is 39.4 Å². The Morgan fingerprint density at radius 1 is 1.60 bits per heavy atom. The molecule has 1 fully saturated rings. The number of nitrogens with zero attached hydrogens (tertiary/aromatic N) is 3. The molecule has 84 valence electrons. The average Bonchev–Trinajstić information content (AvgIpc) is 2.76. The van der Waals surface area contributed by atoms with Crippen molar-refractivity contribution in [2.45, 2.75) is 32.9 Å². The van der Waals surface area contributed by atoms with E-state index in [4.69, 9.17) is 4.42 Å². The number of aryl methyl sites for hydroxylation is 1. The topological polar surface area (TPSA) is 62.4 Å². The monoisotopic (exact) mass is 211 g/mol. The zero-order valence-corrected chi connectivity index (χ0v) is 9.18. The Balaban J connectivity index is 1.87. The number of aromatic nitrogens is 2. The normalized spacial score (nSPS) is 24.6. The van der Waals surface area contributed by atoms with E-state index < -0.39 is 0 Å². The Bertz CT molecular complexity index is 324. The van der Waals surface area contributed by atoms with Gasteiger partial charge in [0, 0.05) is 13.5 Å². The molecule has 15 heavy (non-hydrogen) atoms. The number of hydrogen-bond donors (Lipinski definition) is 1. The van der Waals surface area contributed by atoms with E-state index in [1.807, 2.05) is 6.92 Å². The summed E-state index contributed by atoms with van der Waals surface area (Å²) >= 11 is 0. The number of hydrogen-bond acceptors (Lipinski definition) is 5. The molecule has 1 saturated heterocycles. The van der Waals surface area contributed by atoms with Crippen molar-refractivity contribution in [2.75, 3.05) is 13.1 Å². The second-order valence-electron chi connectivity index (χ2n) is 4.24. The smallest absolute Gasteiger partial charge is 0.230 e. The third kappa shape index (κ3) is 2.54. The van der Waals surface area contributed by atoms with Crippen LogP contribution in [0.2, 0.25) is 0 Å². The summed E-state index contributed by atoms with van der Waals surface area (Å²) in [6, 6.07) is 0. The van der Waals surface area contributed by atoms with E-state index in [1.165, 1.54) is 0 Å². The fourth-order valence-corrected chi connectivity index (χ4v) is 1.99. The first-order valence-corrected chi connectivity index (χ1v) is 5.34. The summed E-state index contributed by atoms with van der Waals surface area (Å²) in [5.41, 5.74) is 0. The molecule has 0 spiro atoms. The van der Waals surface area contributed by atoms with Crippen molar-refractivity contribution >= 4 is 0 Å². The van der Waals surface area contributed by atoms with Gasteiger partial charge >= 0.3 is 0 Å². The van der Waals surface area contributed by atoms with Gasteiger partial charge in [0.05, 0.1) is 12.6 Å². The molecule has 1 aromatic heterocycles. The molecular weight excluding hydrogens is 194 g/mol. The maximum atomic E-state index is 9.46. The molecule has 0 bridgehead atoms. The van der Waals surface area contributed by atoms with Crippen LogP contribution in [0.25, 0.3) is 0 Å². The predicted molar refractivity (Wildman–Crippen MR) is 54.1 cm³/mol. The van der Waals surface area contributed by atoms with Crippen molar-refractivity contribution in [1.29, 1.82) is 0 Å². The van der Waals surface area contributed by atoms with Gasteiger partial charge in [0.2, 0.25) is 11.8 Å². The van der Waals surface area contributed by atoms with Gasteiger partial charge in [-0.05, 0) is 25.8 Å². The zero-order valence-electron chi connectivity index (χ0n) is 9.18. The first-order valence-electron chi connectivity index (χ1n) is 5.34. The van der Waals surface area contributed by atoms with E-state index in [-0.39, 0.29) is 6.10 Å². The summed E-state index contributed by atoms with van der Waals surface area (Å²) < 4.78 is 5.31. The lowest BCUT2D eigenvalue weighted by Crippen LogP contribution is -2.24. The highest BCUT2D eigenvalue weighted by Gasteiger charge is 2.26. The summed E-state index contributed by atoms with van der Waals surface area (Å²) in [7, 11) is 0. The summed E-state index contributed by atoms with van der Waals surface area (Å²) in [6.45, 7) is 6.25. The summed E-state index contributed by atoms with van der Waals surface area (Å²) in [4.78, 5) is 2.24. The van der Waals surface area contributed by atoms with Gasteiger partial charge in [-0.3, -0.25) is 4.90 Å². The van der Waals surface area contributed by atoms with Gasteiger partial charge in [0.1, 0.15) is 0 Å². The van der Waals surface area contributed by atoms with E-state index >= 15 is 0 Å². The fourth-order valence-electron chi connectivity index (χ4n) is 1.99. The Kier molecular flexibility index (Phi) is 3.02. The number of likely N-dealkylation sites (tertiary alicyclic amines) is 1. The molecule has 2 atom stereocenters. The molecule has 0 radical (unpaired) electrons. The van der Waals surface area contributed by atoms with Crippen LogP contribution in [0.15, 0.2) is 4.42 Å². The molecule has 1 aromatic rings.